The van der Waals surface area contributed by atoms with Gasteiger partial charge in [0.2, 0.25) is 12.7 Å². The zero-order chi connectivity index (χ0) is 24.1. The lowest BCUT2D eigenvalue weighted by atomic mass is 10.1. The second-order valence-corrected chi connectivity index (χ2v) is 8.45. The maximum atomic E-state index is 13.7. The fraction of sp³-hybridized carbons (Fsp3) is 0.385. The Morgan fingerprint density at radius 3 is 2.41 bits per heavy atom. The van der Waals surface area contributed by atoms with E-state index in [-0.39, 0.29) is 12.7 Å². The average molecular weight is 465 g/mol. The van der Waals surface area contributed by atoms with Crippen molar-refractivity contribution in [1.29, 1.82) is 0 Å². The Hall–Kier alpha value is -3.52. The second kappa shape index (κ2) is 10.6. The molecule has 4 rings (SSSR count). The van der Waals surface area contributed by atoms with Crippen molar-refractivity contribution in [3.8, 4) is 22.8 Å². The van der Waals surface area contributed by atoms with E-state index in [1.165, 1.54) is 0 Å². The molecule has 180 valence electrons. The Kier molecular flexibility index (Phi) is 7.37. The van der Waals surface area contributed by atoms with Crippen LogP contribution in [-0.2, 0) is 6.54 Å². The molecule has 2 aromatic carbocycles. The summed E-state index contributed by atoms with van der Waals surface area (Å²) in [4.78, 5) is 19.7. The maximum Gasteiger partial charge on any atom is 0.254 e. The number of ether oxygens (including phenoxy) is 2. The predicted molar refractivity (Wildman–Crippen MR) is 131 cm³/mol. The van der Waals surface area contributed by atoms with Gasteiger partial charge in [0.1, 0.15) is 5.69 Å². The van der Waals surface area contributed by atoms with Gasteiger partial charge >= 0.3 is 0 Å². The zero-order valence-electron chi connectivity index (χ0n) is 20.3. The Labute approximate surface area is 200 Å². The van der Waals surface area contributed by atoms with Crippen molar-refractivity contribution in [1.82, 2.24) is 15.0 Å². The lowest BCUT2D eigenvalue weighted by molar-refractivity contribution is 0.0732. The number of aromatic nitrogens is 1. The first-order valence-corrected chi connectivity index (χ1v) is 11.6. The summed E-state index contributed by atoms with van der Waals surface area (Å²) < 4.78 is 16.8. The van der Waals surface area contributed by atoms with Gasteiger partial charge < -0.3 is 28.7 Å². The number of hydrogen-bond acceptors (Lipinski definition) is 7. The van der Waals surface area contributed by atoms with Crippen LogP contribution in [-0.4, -0.2) is 67.9 Å². The summed E-state index contributed by atoms with van der Waals surface area (Å²) in [6, 6.07) is 15.3. The minimum atomic E-state index is -0.0779. The van der Waals surface area contributed by atoms with E-state index < -0.39 is 0 Å². The molecular weight excluding hydrogens is 432 g/mol. The van der Waals surface area contributed by atoms with E-state index in [2.05, 4.69) is 28.8 Å². The van der Waals surface area contributed by atoms with Crippen LogP contribution in [0.1, 0.15) is 29.8 Å². The second-order valence-electron chi connectivity index (χ2n) is 8.45. The largest absolute Gasteiger partial charge is 0.454 e. The van der Waals surface area contributed by atoms with E-state index in [1.54, 1.807) is 18.2 Å². The van der Waals surface area contributed by atoms with Crippen LogP contribution in [0.25, 0.3) is 11.3 Å². The van der Waals surface area contributed by atoms with Crippen LogP contribution >= 0.6 is 0 Å². The molecule has 0 saturated heterocycles. The Morgan fingerprint density at radius 1 is 0.971 bits per heavy atom. The summed E-state index contributed by atoms with van der Waals surface area (Å²) >= 11 is 0. The van der Waals surface area contributed by atoms with Crippen LogP contribution in [0.5, 0.6) is 11.5 Å². The fourth-order valence-corrected chi connectivity index (χ4v) is 4.00. The monoisotopic (exact) mass is 464 g/mol. The van der Waals surface area contributed by atoms with Crippen molar-refractivity contribution in [3.63, 3.8) is 0 Å². The Morgan fingerprint density at radius 2 is 1.71 bits per heavy atom. The molecule has 0 radical (unpaired) electrons. The fourth-order valence-electron chi connectivity index (χ4n) is 4.00. The molecule has 1 amide bonds. The maximum absolute atomic E-state index is 13.7. The molecule has 0 atom stereocenters. The standard InChI is InChI=1S/C26H32N4O4/c1-5-29(6-2)26-21(24(27-34-26)19-10-8-7-9-11-19)17-30(15-14-28(3)4)25(31)20-12-13-22-23(16-20)33-18-32-22/h7-13,16H,5-6,14-15,17-18H2,1-4H3. The molecule has 34 heavy (non-hydrogen) atoms. The van der Waals surface area contributed by atoms with Crippen LogP contribution in [0, 0.1) is 0 Å². The number of anilines is 1. The molecule has 1 aromatic heterocycles. The minimum Gasteiger partial charge on any atom is -0.454 e. The summed E-state index contributed by atoms with van der Waals surface area (Å²) in [5.41, 5.74) is 3.19. The molecular formula is C26H32N4O4. The third kappa shape index (κ3) is 5.02. The van der Waals surface area contributed by atoms with Gasteiger partial charge in [-0.3, -0.25) is 4.79 Å². The quantitative estimate of drug-likeness (QED) is 0.447. The molecule has 1 aliphatic rings. The Balaban J connectivity index is 1.71. The van der Waals surface area contributed by atoms with Gasteiger partial charge in [-0.2, -0.15) is 0 Å². The number of nitrogens with zero attached hydrogens (tertiary/aromatic N) is 4. The first kappa shape index (κ1) is 23.6. The Bertz CT molecular complexity index is 1110. The number of benzene rings is 2. The van der Waals surface area contributed by atoms with Gasteiger partial charge in [-0.1, -0.05) is 35.5 Å². The van der Waals surface area contributed by atoms with E-state index in [0.29, 0.717) is 36.0 Å². The molecule has 8 nitrogen and oxygen atoms in total. The minimum absolute atomic E-state index is 0.0779. The van der Waals surface area contributed by atoms with Gasteiger partial charge in [0.05, 0.1) is 12.1 Å². The van der Waals surface area contributed by atoms with Crippen molar-refractivity contribution >= 4 is 11.8 Å². The predicted octanol–water partition coefficient (Wildman–Crippen LogP) is 4.12. The molecule has 2 heterocycles. The van der Waals surface area contributed by atoms with Gasteiger partial charge in [0, 0.05) is 37.3 Å². The van der Waals surface area contributed by atoms with Gasteiger partial charge in [-0.25, -0.2) is 0 Å². The van der Waals surface area contributed by atoms with Gasteiger partial charge in [0.25, 0.3) is 5.91 Å². The third-order valence-corrected chi connectivity index (χ3v) is 5.94. The van der Waals surface area contributed by atoms with Crippen LogP contribution < -0.4 is 14.4 Å². The molecule has 0 spiro atoms. The third-order valence-electron chi connectivity index (χ3n) is 5.94. The number of amides is 1. The van der Waals surface area contributed by atoms with E-state index in [9.17, 15) is 4.79 Å². The summed E-state index contributed by atoms with van der Waals surface area (Å²) in [5, 5.41) is 4.43. The van der Waals surface area contributed by atoms with E-state index >= 15 is 0 Å². The molecule has 8 heteroatoms. The van der Waals surface area contributed by atoms with Gasteiger partial charge in [0.15, 0.2) is 11.5 Å². The van der Waals surface area contributed by atoms with E-state index in [0.717, 1.165) is 36.5 Å². The highest BCUT2D eigenvalue weighted by Gasteiger charge is 2.27. The van der Waals surface area contributed by atoms with Crippen LogP contribution in [0.2, 0.25) is 0 Å². The van der Waals surface area contributed by atoms with Gasteiger partial charge in [-0.15, -0.1) is 0 Å². The number of carbonyl (C=O) groups excluding carboxylic acids is 1. The molecule has 0 bridgehead atoms. The zero-order valence-corrected chi connectivity index (χ0v) is 20.3. The first-order valence-electron chi connectivity index (χ1n) is 11.6. The number of rotatable bonds is 10. The summed E-state index contributed by atoms with van der Waals surface area (Å²) in [6.45, 7) is 7.55. The molecule has 0 fully saturated rings. The summed E-state index contributed by atoms with van der Waals surface area (Å²) in [6.07, 6.45) is 0. The highest BCUT2D eigenvalue weighted by Crippen LogP contribution is 2.35. The highest BCUT2D eigenvalue weighted by atomic mass is 16.7. The first-order chi connectivity index (χ1) is 16.5. The number of fused-ring (bicyclic) bond motifs is 1. The SMILES string of the molecule is CCN(CC)c1onc(-c2ccccc2)c1CN(CCN(C)C)C(=O)c1ccc2c(c1)OCO2. The number of carbonyl (C=O) groups is 1. The summed E-state index contributed by atoms with van der Waals surface area (Å²) in [5.74, 6) is 1.88. The van der Waals surface area contributed by atoms with Crippen molar-refractivity contribution in [2.45, 2.75) is 20.4 Å². The van der Waals surface area contributed by atoms with Crippen LogP contribution in [0.4, 0.5) is 5.88 Å². The van der Waals surface area contributed by atoms with Crippen molar-refractivity contribution < 1.29 is 18.8 Å². The molecule has 0 N–H and O–H groups in total. The van der Waals surface area contributed by atoms with E-state index in [4.69, 9.17) is 14.0 Å². The number of hydrogen-bond donors (Lipinski definition) is 0. The smallest absolute Gasteiger partial charge is 0.254 e. The topological polar surface area (TPSA) is 71.3 Å². The molecule has 3 aromatic rings. The number of likely N-dealkylation sites (N-methyl/N-ethyl adjacent to an activating group) is 1. The normalized spacial score (nSPS) is 12.3. The lowest BCUT2D eigenvalue weighted by Crippen LogP contribution is -2.36. The van der Waals surface area contributed by atoms with Crippen molar-refractivity contribution in [3.05, 3.63) is 59.7 Å². The van der Waals surface area contributed by atoms with E-state index in [1.807, 2.05) is 49.3 Å². The molecule has 0 unspecified atom stereocenters. The van der Waals surface area contributed by atoms with Crippen LogP contribution in [0.15, 0.2) is 53.1 Å². The average Bonchev–Trinajstić information content (AvgIpc) is 3.49. The van der Waals surface area contributed by atoms with Gasteiger partial charge in [-0.05, 0) is 46.1 Å². The molecule has 0 aliphatic carbocycles. The van der Waals surface area contributed by atoms with Crippen molar-refractivity contribution in [2.75, 3.05) is 52.0 Å². The molecule has 0 saturated carbocycles. The lowest BCUT2D eigenvalue weighted by Gasteiger charge is -2.26. The molecule has 1 aliphatic heterocycles. The highest BCUT2D eigenvalue weighted by molar-refractivity contribution is 5.95. The van der Waals surface area contributed by atoms with Crippen LogP contribution in [0.3, 0.4) is 0 Å². The summed E-state index contributed by atoms with van der Waals surface area (Å²) in [7, 11) is 4.00. The van der Waals surface area contributed by atoms with Crippen molar-refractivity contribution in [2.24, 2.45) is 0 Å².